The molecule has 1 fully saturated rings. The van der Waals surface area contributed by atoms with Crippen LogP contribution in [0.15, 0.2) is 18.3 Å². The minimum atomic E-state index is -0.703. The van der Waals surface area contributed by atoms with E-state index < -0.39 is 18.1 Å². The fourth-order valence-corrected chi connectivity index (χ4v) is 2.02. The fourth-order valence-electron chi connectivity index (χ4n) is 2.02. The monoisotopic (exact) mass is 238 g/mol. The molecular formula is C11H14N2O4. The molecule has 6 nitrogen and oxygen atoms in total. The number of nitrogens with zero attached hydrogens (tertiary/aromatic N) is 1. The van der Waals surface area contributed by atoms with Crippen LogP contribution in [0.1, 0.15) is 16.9 Å². The number of aromatic amines is 1. The first-order valence-corrected chi connectivity index (χ1v) is 5.33. The summed E-state index contributed by atoms with van der Waals surface area (Å²) in [4.78, 5) is 27.7. The molecular weight excluding hydrogens is 224 g/mol. The van der Waals surface area contributed by atoms with Gasteiger partial charge in [-0.15, -0.1) is 0 Å². The Hall–Kier alpha value is -1.82. The zero-order chi connectivity index (χ0) is 12.4. The van der Waals surface area contributed by atoms with E-state index in [0.29, 0.717) is 5.69 Å². The minimum absolute atomic E-state index is 0.150. The Morgan fingerprint density at radius 3 is 2.94 bits per heavy atom. The Balaban J connectivity index is 2.18. The molecule has 2 heterocycles. The summed E-state index contributed by atoms with van der Waals surface area (Å²) < 4.78 is 4.63. The SMILES string of the molecule is COC(=O)C1CC(O)CN1C(=O)c1ccc[nH]1. The Morgan fingerprint density at radius 2 is 2.35 bits per heavy atom. The van der Waals surface area contributed by atoms with Gasteiger partial charge in [0.1, 0.15) is 11.7 Å². The number of aliphatic hydroxyl groups is 1. The lowest BCUT2D eigenvalue weighted by Crippen LogP contribution is -2.41. The first-order valence-electron chi connectivity index (χ1n) is 5.33. The van der Waals surface area contributed by atoms with Crippen molar-refractivity contribution in [3.63, 3.8) is 0 Å². The number of β-amino-alcohol motifs (C(OH)–C–C–N with tert-alkyl or cyclic N) is 1. The van der Waals surface area contributed by atoms with Crippen LogP contribution in [0.3, 0.4) is 0 Å². The van der Waals surface area contributed by atoms with Crippen LogP contribution in [-0.4, -0.2) is 52.7 Å². The summed E-state index contributed by atoms with van der Waals surface area (Å²) in [5.74, 6) is -0.802. The lowest BCUT2D eigenvalue weighted by Gasteiger charge is -2.21. The number of carbonyl (C=O) groups excluding carboxylic acids is 2. The second-order valence-corrected chi connectivity index (χ2v) is 3.97. The van der Waals surface area contributed by atoms with Gasteiger partial charge in [0, 0.05) is 19.2 Å². The number of aliphatic hydroxyl groups excluding tert-OH is 1. The fraction of sp³-hybridized carbons (Fsp3) is 0.455. The third-order valence-electron chi connectivity index (χ3n) is 2.84. The van der Waals surface area contributed by atoms with Crippen LogP contribution >= 0.6 is 0 Å². The van der Waals surface area contributed by atoms with Crippen molar-refractivity contribution in [2.75, 3.05) is 13.7 Å². The molecule has 92 valence electrons. The van der Waals surface area contributed by atoms with Gasteiger partial charge in [0.05, 0.1) is 13.2 Å². The molecule has 2 rings (SSSR count). The highest BCUT2D eigenvalue weighted by atomic mass is 16.5. The normalized spacial score (nSPS) is 23.8. The second-order valence-electron chi connectivity index (χ2n) is 3.97. The number of carbonyl (C=O) groups is 2. The van der Waals surface area contributed by atoms with Gasteiger partial charge in [0.2, 0.25) is 0 Å². The summed E-state index contributed by atoms with van der Waals surface area (Å²) in [6.45, 7) is 0.150. The number of nitrogens with one attached hydrogen (secondary N) is 1. The zero-order valence-electron chi connectivity index (χ0n) is 9.42. The maximum Gasteiger partial charge on any atom is 0.328 e. The van der Waals surface area contributed by atoms with Gasteiger partial charge in [-0.05, 0) is 12.1 Å². The van der Waals surface area contributed by atoms with Gasteiger partial charge in [0.15, 0.2) is 0 Å². The first kappa shape index (κ1) is 11.7. The topological polar surface area (TPSA) is 82.6 Å². The highest BCUT2D eigenvalue weighted by molar-refractivity contribution is 5.95. The average molecular weight is 238 g/mol. The van der Waals surface area contributed by atoms with Crippen LogP contribution in [-0.2, 0) is 9.53 Å². The van der Waals surface area contributed by atoms with Crippen molar-refractivity contribution in [3.8, 4) is 0 Å². The molecule has 17 heavy (non-hydrogen) atoms. The van der Waals surface area contributed by atoms with E-state index in [9.17, 15) is 14.7 Å². The van der Waals surface area contributed by atoms with Gasteiger partial charge in [-0.25, -0.2) is 4.79 Å². The molecule has 1 aromatic heterocycles. The summed E-state index contributed by atoms with van der Waals surface area (Å²) >= 11 is 0. The van der Waals surface area contributed by atoms with E-state index in [4.69, 9.17) is 0 Å². The predicted octanol–water partition coefficient (Wildman–Crippen LogP) is -0.237. The number of esters is 1. The number of hydrogen-bond acceptors (Lipinski definition) is 4. The average Bonchev–Trinajstić information content (AvgIpc) is 2.95. The summed E-state index contributed by atoms with van der Waals surface area (Å²) in [5, 5.41) is 9.55. The molecule has 2 unspecified atom stereocenters. The van der Waals surface area contributed by atoms with Crippen LogP contribution in [0.2, 0.25) is 0 Å². The largest absolute Gasteiger partial charge is 0.467 e. The lowest BCUT2D eigenvalue weighted by molar-refractivity contribution is -0.145. The Kier molecular flexibility index (Phi) is 3.14. The van der Waals surface area contributed by atoms with Crippen LogP contribution in [0.25, 0.3) is 0 Å². The molecule has 2 atom stereocenters. The van der Waals surface area contributed by atoms with Crippen LogP contribution < -0.4 is 0 Å². The highest BCUT2D eigenvalue weighted by Crippen LogP contribution is 2.21. The summed E-state index contributed by atoms with van der Waals surface area (Å²) in [7, 11) is 1.27. The molecule has 1 saturated heterocycles. The van der Waals surface area contributed by atoms with Gasteiger partial charge >= 0.3 is 5.97 Å². The van der Waals surface area contributed by atoms with E-state index in [1.165, 1.54) is 12.0 Å². The summed E-state index contributed by atoms with van der Waals surface area (Å²) in [6, 6.07) is 2.62. The Bertz CT molecular complexity index is 415. The maximum absolute atomic E-state index is 12.1. The van der Waals surface area contributed by atoms with E-state index >= 15 is 0 Å². The van der Waals surface area contributed by atoms with E-state index in [0.717, 1.165) is 0 Å². The van der Waals surface area contributed by atoms with Crippen molar-refractivity contribution in [3.05, 3.63) is 24.0 Å². The van der Waals surface area contributed by atoms with Crippen molar-refractivity contribution in [1.82, 2.24) is 9.88 Å². The highest BCUT2D eigenvalue weighted by Gasteiger charge is 2.40. The van der Waals surface area contributed by atoms with Crippen LogP contribution in [0, 0.1) is 0 Å². The molecule has 1 aromatic rings. The Labute approximate surface area is 98.2 Å². The molecule has 6 heteroatoms. The number of likely N-dealkylation sites (tertiary alicyclic amines) is 1. The molecule has 0 aliphatic carbocycles. The third-order valence-corrected chi connectivity index (χ3v) is 2.84. The number of hydrogen-bond donors (Lipinski definition) is 2. The second kappa shape index (κ2) is 4.58. The van der Waals surface area contributed by atoms with E-state index in [2.05, 4.69) is 9.72 Å². The molecule has 1 aliphatic rings. The minimum Gasteiger partial charge on any atom is -0.467 e. The first-order chi connectivity index (χ1) is 8.13. The van der Waals surface area contributed by atoms with Gasteiger partial charge in [-0.1, -0.05) is 0 Å². The number of methoxy groups -OCH3 is 1. The number of amides is 1. The number of ether oxygens (including phenoxy) is 1. The number of rotatable bonds is 2. The van der Waals surface area contributed by atoms with Gasteiger partial charge in [-0.3, -0.25) is 4.79 Å². The molecule has 0 aromatic carbocycles. The summed E-state index contributed by atoms with van der Waals surface area (Å²) in [5.41, 5.74) is 0.396. The molecule has 2 N–H and O–H groups in total. The zero-order valence-corrected chi connectivity index (χ0v) is 9.42. The van der Waals surface area contributed by atoms with Gasteiger partial charge in [0.25, 0.3) is 5.91 Å². The van der Waals surface area contributed by atoms with Crippen molar-refractivity contribution in [2.24, 2.45) is 0 Å². The number of aromatic nitrogens is 1. The number of H-pyrrole nitrogens is 1. The van der Waals surface area contributed by atoms with Crippen molar-refractivity contribution in [1.29, 1.82) is 0 Å². The predicted molar refractivity (Wildman–Crippen MR) is 58.3 cm³/mol. The Morgan fingerprint density at radius 1 is 1.59 bits per heavy atom. The quantitative estimate of drug-likeness (QED) is 0.697. The van der Waals surface area contributed by atoms with Gasteiger partial charge < -0.3 is 19.7 Å². The van der Waals surface area contributed by atoms with E-state index in [1.807, 2.05) is 0 Å². The molecule has 0 spiro atoms. The van der Waals surface area contributed by atoms with Crippen molar-refractivity contribution in [2.45, 2.75) is 18.6 Å². The van der Waals surface area contributed by atoms with Crippen LogP contribution in [0.4, 0.5) is 0 Å². The van der Waals surface area contributed by atoms with Crippen molar-refractivity contribution < 1.29 is 19.4 Å². The molecule has 0 saturated carbocycles. The standard InChI is InChI=1S/C11H14N2O4/c1-17-11(16)9-5-7(14)6-13(9)10(15)8-3-2-4-12-8/h2-4,7,9,12,14H,5-6H2,1H3. The van der Waals surface area contributed by atoms with Gasteiger partial charge in [-0.2, -0.15) is 0 Å². The molecule has 0 bridgehead atoms. The van der Waals surface area contributed by atoms with Crippen LogP contribution in [0.5, 0.6) is 0 Å². The smallest absolute Gasteiger partial charge is 0.328 e. The molecule has 1 aliphatic heterocycles. The van der Waals surface area contributed by atoms with Crippen molar-refractivity contribution >= 4 is 11.9 Å². The maximum atomic E-state index is 12.1. The molecule has 1 amide bonds. The van der Waals surface area contributed by atoms with E-state index in [1.54, 1.807) is 18.3 Å². The lowest BCUT2D eigenvalue weighted by atomic mass is 10.2. The third kappa shape index (κ3) is 2.16. The summed E-state index contributed by atoms with van der Waals surface area (Å²) in [6.07, 6.45) is 1.17. The van der Waals surface area contributed by atoms with E-state index in [-0.39, 0.29) is 18.9 Å². The molecule has 0 radical (unpaired) electrons.